The normalized spacial score (nSPS) is 26.5. The van der Waals surface area contributed by atoms with Crippen LogP contribution >= 0.6 is 0 Å². The van der Waals surface area contributed by atoms with Crippen LogP contribution in [-0.2, 0) is 4.74 Å². The van der Waals surface area contributed by atoms with E-state index in [4.69, 9.17) is 4.74 Å². The third kappa shape index (κ3) is 3.52. The molecule has 1 spiro atoms. The fourth-order valence-corrected chi connectivity index (χ4v) is 4.33. The summed E-state index contributed by atoms with van der Waals surface area (Å²) in [5.74, 6) is -0.186. The van der Waals surface area contributed by atoms with Gasteiger partial charge in [0.2, 0.25) is 0 Å². The van der Waals surface area contributed by atoms with Crippen LogP contribution in [0.5, 0.6) is 0 Å². The third-order valence-corrected chi connectivity index (χ3v) is 5.05. The maximum atomic E-state index is 12.4. The lowest BCUT2D eigenvalue weighted by Crippen LogP contribution is -2.63. The topological polar surface area (TPSA) is 38.3 Å². The van der Waals surface area contributed by atoms with Gasteiger partial charge in [0.1, 0.15) is 6.10 Å². The van der Waals surface area contributed by atoms with Crippen LogP contribution in [0.15, 0.2) is 30.3 Å². The van der Waals surface area contributed by atoms with Gasteiger partial charge in [0.15, 0.2) is 0 Å². The molecule has 1 aromatic rings. The largest absolute Gasteiger partial charge is 0.459 e. The van der Waals surface area contributed by atoms with E-state index in [1.807, 2.05) is 30.3 Å². The molecule has 0 amide bonds. The van der Waals surface area contributed by atoms with Gasteiger partial charge in [-0.15, -0.1) is 0 Å². The van der Waals surface area contributed by atoms with Crippen molar-refractivity contribution < 1.29 is 9.53 Å². The van der Waals surface area contributed by atoms with E-state index >= 15 is 0 Å². The zero-order chi connectivity index (χ0) is 15.6. The SMILES string of the molecule is CC1(C)CC(OC(=O)c2ccccc2)CC2(CCCCC2)N1. The Morgan fingerprint density at radius 2 is 1.77 bits per heavy atom. The number of piperidine rings is 1. The van der Waals surface area contributed by atoms with E-state index in [-0.39, 0.29) is 23.2 Å². The van der Waals surface area contributed by atoms with Crippen molar-refractivity contribution in [2.45, 2.75) is 76.0 Å². The lowest BCUT2D eigenvalue weighted by molar-refractivity contribution is -0.0206. The number of rotatable bonds is 2. The molecule has 3 nitrogen and oxygen atoms in total. The van der Waals surface area contributed by atoms with Gasteiger partial charge in [-0.1, -0.05) is 37.5 Å². The van der Waals surface area contributed by atoms with Gasteiger partial charge in [0, 0.05) is 23.9 Å². The van der Waals surface area contributed by atoms with E-state index in [0.29, 0.717) is 5.56 Å². The minimum atomic E-state index is -0.186. The number of nitrogens with one attached hydrogen (secondary N) is 1. The molecule has 1 unspecified atom stereocenters. The van der Waals surface area contributed by atoms with Gasteiger partial charge in [0.05, 0.1) is 5.56 Å². The van der Waals surface area contributed by atoms with Gasteiger partial charge >= 0.3 is 5.97 Å². The fourth-order valence-electron chi connectivity index (χ4n) is 4.33. The Bertz CT molecular complexity index is 517. The molecular formula is C19H27NO2. The van der Waals surface area contributed by atoms with Gasteiger partial charge in [-0.2, -0.15) is 0 Å². The van der Waals surface area contributed by atoms with E-state index in [0.717, 1.165) is 12.8 Å². The highest BCUT2D eigenvalue weighted by molar-refractivity contribution is 5.89. The number of ether oxygens (including phenoxy) is 1. The summed E-state index contributed by atoms with van der Waals surface area (Å²) in [7, 11) is 0. The van der Waals surface area contributed by atoms with Gasteiger partial charge in [-0.3, -0.25) is 0 Å². The van der Waals surface area contributed by atoms with Crippen LogP contribution < -0.4 is 5.32 Å². The zero-order valence-corrected chi connectivity index (χ0v) is 13.7. The van der Waals surface area contributed by atoms with Crippen LogP contribution in [0.1, 0.15) is 69.2 Å². The fraction of sp³-hybridized carbons (Fsp3) is 0.632. The summed E-state index contributed by atoms with van der Waals surface area (Å²) in [4.78, 5) is 12.4. The number of hydrogen-bond acceptors (Lipinski definition) is 3. The van der Waals surface area contributed by atoms with Crippen LogP contribution in [0.4, 0.5) is 0 Å². The summed E-state index contributed by atoms with van der Waals surface area (Å²) >= 11 is 0. The van der Waals surface area contributed by atoms with Crippen molar-refractivity contribution in [2.75, 3.05) is 0 Å². The maximum absolute atomic E-state index is 12.4. The highest BCUT2D eigenvalue weighted by Gasteiger charge is 2.45. The molecule has 120 valence electrons. The minimum Gasteiger partial charge on any atom is -0.459 e. The standard InChI is InChI=1S/C19H27NO2/c1-18(2)13-16(14-19(20-18)11-7-4-8-12-19)22-17(21)15-9-5-3-6-10-15/h3,5-6,9-10,16,20H,4,7-8,11-14H2,1-2H3. The predicted molar refractivity (Wildman–Crippen MR) is 87.9 cm³/mol. The molecule has 1 saturated heterocycles. The second-order valence-electron chi connectivity index (χ2n) is 7.65. The monoisotopic (exact) mass is 301 g/mol. The molecule has 1 aliphatic heterocycles. The van der Waals surface area contributed by atoms with Crippen molar-refractivity contribution >= 4 is 5.97 Å². The second-order valence-corrected chi connectivity index (χ2v) is 7.65. The average Bonchev–Trinajstić information content (AvgIpc) is 2.47. The average molecular weight is 301 g/mol. The third-order valence-electron chi connectivity index (χ3n) is 5.05. The molecule has 3 heteroatoms. The second kappa shape index (κ2) is 6.04. The molecule has 0 radical (unpaired) electrons. The summed E-state index contributed by atoms with van der Waals surface area (Å²) in [6.07, 6.45) is 8.15. The van der Waals surface area contributed by atoms with E-state index < -0.39 is 0 Å². The summed E-state index contributed by atoms with van der Waals surface area (Å²) in [5.41, 5.74) is 0.843. The van der Waals surface area contributed by atoms with E-state index in [9.17, 15) is 4.79 Å². The molecule has 1 heterocycles. The van der Waals surface area contributed by atoms with Crippen molar-refractivity contribution in [3.63, 3.8) is 0 Å². The number of carbonyl (C=O) groups is 1. The van der Waals surface area contributed by atoms with Crippen molar-refractivity contribution in [1.29, 1.82) is 0 Å². The molecule has 1 N–H and O–H groups in total. The molecular weight excluding hydrogens is 274 g/mol. The van der Waals surface area contributed by atoms with Gasteiger partial charge < -0.3 is 10.1 Å². The first-order valence-corrected chi connectivity index (χ1v) is 8.54. The minimum absolute atomic E-state index is 0.0158. The Kier molecular flexibility index (Phi) is 4.26. The predicted octanol–water partition coefficient (Wildman–Crippen LogP) is 4.08. The lowest BCUT2D eigenvalue weighted by atomic mass is 9.71. The molecule has 1 saturated carbocycles. The summed E-state index contributed by atoms with van der Waals surface area (Å²) < 4.78 is 5.86. The number of hydrogen-bond donors (Lipinski definition) is 1. The van der Waals surface area contributed by atoms with Crippen molar-refractivity contribution in [3.8, 4) is 0 Å². The zero-order valence-electron chi connectivity index (χ0n) is 13.7. The molecule has 2 aliphatic rings. The Morgan fingerprint density at radius 1 is 1.09 bits per heavy atom. The number of carbonyl (C=O) groups excluding carboxylic acids is 1. The summed E-state index contributed by atoms with van der Waals surface area (Å²) in [6, 6.07) is 9.33. The molecule has 22 heavy (non-hydrogen) atoms. The van der Waals surface area contributed by atoms with Crippen LogP contribution in [-0.4, -0.2) is 23.2 Å². The van der Waals surface area contributed by atoms with E-state index in [2.05, 4.69) is 19.2 Å². The quantitative estimate of drug-likeness (QED) is 0.837. The molecule has 3 rings (SSSR count). The van der Waals surface area contributed by atoms with Crippen molar-refractivity contribution in [2.24, 2.45) is 0 Å². The molecule has 0 bridgehead atoms. The lowest BCUT2D eigenvalue weighted by Gasteiger charge is -2.51. The van der Waals surface area contributed by atoms with Gasteiger partial charge in [-0.25, -0.2) is 4.79 Å². The van der Waals surface area contributed by atoms with Crippen molar-refractivity contribution in [3.05, 3.63) is 35.9 Å². The number of esters is 1. The number of benzene rings is 1. The molecule has 2 fully saturated rings. The first kappa shape index (κ1) is 15.5. The van der Waals surface area contributed by atoms with Gasteiger partial charge in [0.25, 0.3) is 0 Å². The first-order valence-electron chi connectivity index (χ1n) is 8.54. The Hall–Kier alpha value is -1.35. The summed E-state index contributed by atoms with van der Waals surface area (Å²) in [5, 5.41) is 3.86. The molecule has 1 atom stereocenters. The summed E-state index contributed by atoms with van der Waals surface area (Å²) in [6.45, 7) is 4.46. The van der Waals surface area contributed by atoms with E-state index in [1.165, 1.54) is 32.1 Å². The molecule has 0 aromatic heterocycles. The van der Waals surface area contributed by atoms with Crippen LogP contribution in [0.3, 0.4) is 0 Å². The molecule has 1 aromatic carbocycles. The highest BCUT2D eigenvalue weighted by Crippen LogP contribution is 2.40. The maximum Gasteiger partial charge on any atom is 0.338 e. The van der Waals surface area contributed by atoms with Crippen LogP contribution in [0, 0.1) is 0 Å². The van der Waals surface area contributed by atoms with Crippen LogP contribution in [0.25, 0.3) is 0 Å². The van der Waals surface area contributed by atoms with Gasteiger partial charge in [-0.05, 0) is 38.8 Å². The Morgan fingerprint density at radius 3 is 2.45 bits per heavy atom. The van der Waals surface area contributed by atoms with Crippen LogP contribution in [0.2, 0.25) is 0 Å². The first-order chi connectivity index (χ1) is 10.5. The van der Waals surface area contributed by atoms with E-state index in [1.54, 1.807) is 0 Å². The molecule has 1 aliphatic carbocycles. The Balaban J connectivity index is 1.71. The Labute approximate surface area is 133 Å². The highest BCUT2D eigenvalue weighted by atomic mass is 16.5. The van der Waals surface area contributed by atoms with Crippen molar-refractivity contribution in [1.82, 2.24) is 5.32 Å². The smallest absolute Gasteiger partial charge is 0.338 e.